The summed E-state index contributed by atoms with van der Waals surface area (Å²) in [5.41, 5.74) is -1.08. The molecular weight excluding hydrogens is 216 g/mol. The molecule has 0 aliphatic carbocycles. The summed E-state index contributed by atoms with van der Waals surface area (Å²) in [5, 5.41) is 11.4. The molecule has 1 aromatic rings. The van der Waals surface area contributed by atoms with Gasteiger partial charge in [-0.05, 0) is 19.9 Å². The van der Waals surface area contributed by atoms with E-state index in [1.807, 2.05) is 0 Å². The zero-order valence-corrected chi connectivity index (χ0v) is 9.05. The highest BCUT2D eigenvalue weighted by Crippen LogP contribution is 2.12. The van der Waals surface area contributed by atoms with Crippen molar-refractivity contribution in [1.29, 1.82) is 0 Å². The Morgan fingerprint density at radius 1 is 1.44 bits per heavy atom. The molecule has 1 aromatic carbocycles. The summed E-state index contributed by atoms with van der Waals surface area (Å²) in [6.45, 7) is 2.86. The molecule has 16 heavy (non-hydrogen) atoms. The highest BCUT2D eigenvalue weighted by molar-refractivity contribution is 5.77. The van der Waals surface area contributed by atoms with Gasteiger partial charge in [-0.3, -0.25) is 10.1 Å². The number of aliphatic carboxylic acids is 1. The summed E-state index contributed by atoms with van der Waals surface area (Å²) < 4.78 is 26.1. The van der Waals surface area contributed by atoms with E-state index in [2.05, 4.69) is 5.32 Å². The van der Waals surface area contributed by atoms with Gasteiger partial charge in [-0.25, -0.2) is 8.78 Å². The van der Waals surface area contributed by atoms with Gasteiger partial charge in [-0.1, -0.05) is 12.1 Å². The number of rotatable bonds is 4. The highest BCUT2D eigenvalue weighted by atomic mass is 19.2. The quantitative estimate of drug-likeness (QED) is 0.829. The van der Waals surface area contributed by atoms with Crippen LogP contribution in [-0.2, 0) is 11.3 Å². The molecule has 0 fully saturated rings. The Labute approximate surface area is 92.1 Å². The third kappa shape index (κ3) is 2.76. The topological polar surface area (TPSA) is 49.3 Å². The summed E-state index contributed by atoms with van der Waals surface area (Å²) in [5.74, 6) is -2.94. The molecular formula is C11H13F2NO2. The summed E-state index contributed by atoms with van der Waals surface area (Å²) in [6.07, 6.45) is 0. The Morgan fingerprint density at radius 3 is 2.62 bits per heavy atom. The van der Waals surface area contributed by atoms with Crippen LogP contribution >= 0.6 is 0 Å². The normalized spacial score (nSPS) is 11.5. The van der Waals surface area contributed by atoms with Gasteiger partial charge in [0.15, 0.2) is 11.6 Å². The van der Waals surface area contributed by atoms with Crippen molar-refractivity contribution in [3.8, 4) is 0 Å². The minimum atomic E-state index is -1.18. The van der Waals surface area contributed by atoms with Gasteiger partial charge < -0.3 is 5.11 Å². The fourth-order valence-corrected chi connectivity index (χ4v) is 1.08. The van der Waals surface area contributed by atoms with E-state index in [9.17, 15) is 13.6 Å². The molecule has 0 saturated heterocycles. The Balaban J connectivity index is 2.76. The lowest BCUT2D eigenvalue weighted by molar-refractivity contribution is -0.143. The van der Waals surface area contributed by atoms with Crippen molar-refractivity contribution in [3.05, 3.63) is 35.4 Å². The number of hydrogen-bond acceptors (Lipinski definition) is 2. The maximum absolute atomic E-state index is 13.2. The van der Waals surface area contributed by atoms with Crippen LogP contribution < -0.4 is 5.32 Å². The molecule has 0 aromatic heterocycles. The van der Waals surface area contributed by atoms with Gasteiger partial charge >= 0.3 is 5.97 Å². The first-order valence-electron chi connectivity index (χ1n) is 4.76. The van der Waals surface area contributed by atoms with Gasteiger partial charge in [-0.15, -0.1) is 0 Å². The van der Waals surface area contributed by atoms with Crippen LogP contribution in [0.5, 0.6) is 0 Å². The molecule has 0 heterocycles. The fourth-order valence-electron chi connectivity index (χ4n) is 1.08. The van der Waals surface area contributed by atoms with E-state index in [1.165, 1.54) is 26.0 Å². The largest absolute Gasteiger partial charge is 0.480 e. The lowest BCUT2D eigenvalue weighted by Gasteiger charge is -2.21. The molecule has 5 heteroatoms. The van der Waals surface area contributed by atoms with Crippen LogP contribution in [0.4, 0.5) is 8.78 Å². The van der Waals surface area contributed by atoms with Crippen molar-refractivity contribution in [2.24, 2.45) is 0 Å². The molecule has 2 N–H and O–H groups in total. The average molecular weight is 229 g/mol. The van der Waals surface area contributed by atoms with Crippen molar-refractivity contribution < 1.29 is 18.7 Å². The number of benzene rings is 1. The molecule has 0 saturated carbocycles. The zero-order chi connectivity index (χ0) is 12.3. The summed E-state index contributed by atoms with van der Waals surface area (Å²) in [4.78, 5) is 10.8. The Hall–Kier alpha value is -1.49. The van der Waals surface area contributed by atoms with Crippen LogP contribution in [0, 0.1) is 11.6 Å². The third-order valence-electron chi connectivity index (χ3n) is 2.29. The van der Waals surface area contributed by atoms with E-state index >= 15 is 0 Å². The van der Waals surface area contributed by atoms with Crippen molar-refractivity contribution in [2.75, 3.05) is 0 Å². The molecule has 0 atom stereocenters. The smallest absolute Gasteiger partial charge is 0.323 e. The molecule has 1 rings (SSSR count). The molecule has 0 aliphatic heterocycles. The monoisotopic (exact) mass is 229 g/mol. The number of hydrogen-bond donors (Lipinski definition) is 2. The Bertz CT molecular complexity index is 405. The Kier molecular flexibility index (Phi) is 3.59. The number of carbonyl (C=O) groups is 1. The zero-order valence-electron chi connectivity index (χ0n) is 9.05. The summed E-state index contributed by atoms with van der Waals surface area (Å²) in [7, 11) is 0. The number of carboxylic acids is 1. The third-order valence-corrected chi connectivity index (χ3v) is 2.29. The van der Waals surface area contributed by atoms with Crippen molar-refractivity contribution >= 4 is 5.97 Å². The molecule has 0 amide bonds. The predicted molar refractivity (Wildman–Crippen MR) is 54.9 cm³/mol. The van der Waals surface area contributed by atoms with E-state index in [0.717, 1.165) is 6.07 Å². The molecule has 88 valence electrons. The molecule has 3 nitrogen and oxygen atoms in total. The second kappa shape index (κ2) is 4.57. The first-order chi connectivity index (χ1) is 7.34. The standard InChI is InChI=1S/C11H13F2NO2/c1-11(2,10(15)16)14-6-7-4-3-5-8(12)9(7)13/h3-5,14H,6H2,1-2H3,(H,15,16). The summed E-state index contributed by atoms with van der Waals surface area (Å²) in [6, 6.07) is 3.80. The number of carboxylic acid groups (broad SMARTS) is 1. The predicted octanol–water partition coefficient (Wildman–Crippen LogP) is 1.92. The van der Waals surface area contributed by atoms with Gasteiger partial charge in [-0.2, -0.15) is 0 Å². The molecule has 0 unspecified atom stereocenters. The molecule has 0 radical (unpaired) electrons. The second-order valence-electron chi connectivity index (χ2n) is 4.00. The van der Waals surface area contributed by atoms with Gasteiger partial charge in [0.05, 0.1) is 0 Å². The molecule has 0 spiro atoms. The number of nitrogens with one attached hydrogen (secondary N) is 1. The van der Waals surface area contributed by atoms with E-state index < -0.39 is 23.1 Å². The van der Waals surface area contributed by atoms with E-state index in [4.69, 9.17) is 5.11 Å². The van der Waals surface area contributed by atoms with Crippen LogP contribution in [0.1, 0.15) is 19.4 Å². The van der Waals surface area contributed by atoms with Crippen LogP contribution in [0.2, 0.25) is 0 Å². The lowest BCUT2D eigenvalue weighted by atomic mass is 10.1. The van der Waals surface area contributed by atoms with E-state index in [1.54, 1.807) is 0 Å². The maximum atomic E-state index is 13.2. The van der Waals surface area contributed by atoms with Crippen LogP contribution in [0.3, 0.4) is 0 Å². The van der Waals surface area contributed by atoms with E-state index in [-0.39, 0.29) is 12.1 Å². The van der Waals surface area contributed by atoms with Crippen LogP contribution in [-0.4, -0.2) is 16.6 Å². The summed E-state index contributed by atoms with van der Waals surface area (Å²) >= 11 is 0. The lowest BCUT2D eigenvalue weighted by Crippen LogP contribution is -2.46. The van der Waals surface area contributed by atoms with Gasteiger partial charge in [0.25, 0.3) is 0 Å². The maximum Gasteiger partial charge on any atom is 0.323 e. The fraction of sp³-hybridized carbons (Fsp3) is 0.364. The van der Waals surface area contributed by atoms with E-state index in [0.29, 0.717) is 0 Å². The van der Waals surface area contributed by atoms with Gasteiger partial charge in [0.1, 0.15) is 5.54 Å². The average Bonchev–Trinajstić information content (AvgIpc) is 2.20. The van der Waals surface area contributed by atoms with Crippen LogP contribution in [0.25, 0.3) is 0 Å². The van der Waals surface area contributed by atoms with Gasteiger partial charge in [0, 0.05) is 12.1 Å². The Morgan fingerprint density at radius 2 is 2.06 bits per heavy atom. The SMILES string of the molecule is CC(C)(NCc1cccc(F)c1F)C(=O)O. The first-order valence-corrected chi connectivity index (χ1v) is 4.76. The van der Waals surface area contributed by atoms with Crippen LogP contribution in [0.15, 0.2) is 18.2 Å². The second-order valence-corrected chi connectivity index (χ2v) is 4.00. The number of halogens is 2. The first kappa shape index (κ1) is 12.6. The van der Waals surface area contributed by atoms with Gasteiger partial charge in [0.2, 0.25) is 0 Å². The van der Waals surface area contributed by atoms with Crippen molar-refractivity contribution in [3.63, 3.8) is 0 Å². The highest BCUT2D eigenvalue weighted by Gasteiger charge is 2.26. The minimum Gasteiger partial charge on any atom is -0.480 e. The molecule has 0 aliphatic rings. The van der Waals surface area contributed by atoms with Crippen molar-refractivity contribution in [2.45, 2.75) is 25.9 Å². The minimum absolute atomic E-state index is 0.0388. The molecule has 0 bridgehead atoms. The van der Waals surface area contributed by atoms with Crippen molar-refractivity contribution in [1.82, 2.24) is 5.32 Å².